The van der Waals surface area contributed by atoms with E-state index in [0.29, 0.717) is 0 Å². The van der Waals surface area contributed by atoms with Crippen molar-refractivity contribution in [1.29, 1.82) is 0 Å². The summed E-state index contributed by atoms with van der Waals surface area (Å²) in [5.41, 5.74) is 0.781. The van der Waals surface area contributed by atoms with Crippen LogP contribution in [0.3, 0.4) is 0 Å². The van der Waals surface area contributed by atoms with Gasteiger partial charge in [-0.1, -0.05) is 30.3 Å². The molecule has 1 aromatic carbocycles. The minimum Gasteiger partial charge on any atom is -0.550 e. The maximum Gasteiger partial charge on any atom is 0.413 e. The molecule has 0 aliphatic carbocycles. The van der Waals surface area contributed by atoms with Gasteiger partial charge in [0.15, 0.2) is 6.73 Å². The third-order valence-corrected chi connectivity index (χ3v) is 2.79. The Labute approximate surface area is 114 Å². The predicted octanol–water partition coefficient (Wildman–Crippen LogP) is -0.352. The van der Waals surface area contributed by atoms with E-state index in [1.807, 2.05) is 6.07 Å². The summed E-state index contributed by atoms with van der Waals surface area (Å²) in [5.74, 6) is -2.21. The van der Waals surface area contributed by atoms with Crippen LogP contribution < -0.4 is 5.11 Å². The van der Waals surface area contributed by atoms with E-state index < -0.39 is 30.5 Å². The van der Waals surface area contributed by atoms with Gasteiger partial charge < -0.3 is 19.4 Å². The number of ether oxygens (including phenoxy) is 2. The molecule has 1 aliphatic rings. The molecule has 1 fully saturated rings. The molecule has 2 rings (SSSR count). The van der Waals surface area contributed by atoms with Crippen molar-refractivity contribution in [3.8, 4) is 0 Å². The summed E-state index contributed by atoms with van der Waals surface area (Å²) in [6, 6.07) is 7.78. The van der Waals surface area contributed by atoms with Crippen LogP contribution in [0, 0.1) is 0 Å². The molecule has 0 radical (unpaired) electrons. The zero-order valence-corrected chi connectivity index (χ0v) is 10.5. The van der Waals surface area contributed by atoms with Crippen molar-refractivity contribution in [3.63, 3.8) is 0 Å². The van der Waals surface area contributed by atoms with Crippen LogP contribution in [0.25, 0.3) is 0 Å². The molecule has 1 atom stereocenters. The highest BCUT2D eigenvalue weighted by molar-refractivity contribution is 5.87. The first kappa shape index (κ1) is 13.9. The van der Waals surface area contributed by atoms with Crippen molar-refractivity contribution >= 4 is 18.0 Å². The number of aliphatic carboxylic acids is 1. The van der Waals surface area contributed by atoms with Crippen molar-refractivity contribution in [2.24, 2.45) is 0 Å². The summed E-state index contributed by atoms with van der Waals surface area (Å²) in [6.45, 7) is -0.285. The van der Waals surface area contributed by atoms with Gasteiger partial charge in [0.25, 0.3) is 0 Å². The number of hydrogen-bond donors (Lipinski definition) is 0. The van der Waals surface area contributed by atoms with Gasteiger partial charge in [-0.2, -0.15) is 0 Å². The van der Waals surface area contributed by atoms with Gasteiger partial charge in [0, 0.05) is 12.4 Å². The van der Waals surface area contributed by atoms with Gasteiger partial charge in [0.2, 0.25) is 0 Å². The molecule has 1 aromatic rings. The van der Waals surface area contributed by atoms with Crippen molar-refractivity contribution in [2.75, 3.05) is 6.73 Å². The number of carbonyl (C=O) groups excluding carboxylic acids is 3. The molecule has 0 unspecified atom stereocenters. The van der Waals surface area contributed by atoms with E-state index in [2.05, 4.69) is 4.74 Å². The van der Waals surface area contributed by atoms with Crippen molar-refractivity contribution in [3.05, 3.63) is 35.9 Å². The van der Waals surface area contributed by atoms with Gasteiger partial charge in [-0.3, -0.25) is 4.90 Å². The quantitative estimate of drug-likeness (QED) is 0.698. The Morgan fingerprint density at radius 2 is 2.05 bits per heavy atom. The van der Waals surface area contributed by atoms with Crippen molar-refractivity contribution < 1.29 is 29.0 Å². The van der Waals surface area contributed by atoms with E-state index in [0.717, 1.165) is 10.5 Å². The van der Waals surface area contributed by atoms with Crippen LogP contribution >= 0.6 is 0 Å². The molecule has 7 heteroatoms. The van der Waals surface area contributed by atoms with Crippen LogP contribution in [0.4, 0.5) is 4.79 Å². The average molecular weight is 278 g/mol. The first-order chi connectivity index (χ1) is 9.58. The Morgan fingerprint density at radius 3 is 2.70 bits per heavy atom. The summed E-state index contributed by atoms with van der Waals surface area (Å²) in [6.07, 6.45) is -1.41. The largest absolute Gasteiger partial charge is 0.550 e. The van der Waals surface area contributed by atoms with Crippen molar-refractivity contribution in [2.45, 2.75) is 19.1 Å². The fraction of sp³-hybridized carbons (Fsp3) is 0.308. The molecular formula is C13H12NO6-. The molecule has 106 valence electrons. The van der Waals surface area contributed by atoms with E-state index in [1.54, 1.807) is 24.3 Å². The summed E-state index contributed by atoms with van der Waals surface area (Å²) in [7, 11) is 0. The Hall–Kier alpha value is -2.57. The normalized spacial score (nSPS) is 17.7. The minimum absolute atomic E-state index is 0.0302. The molecule has 1 amide bonds. The smallest absolute Gasteiger partial charge is 0.413 e. The van der Waals surface area contributed by atoms with E-state index in [4.69, 9.17) is 4.74 Å². The first-order valence-corrected chi connectivity index (χ1v) is 5.91. The molecule has 7 nitrogen and oxygen atoms in total. The maximum absolute atomic E-state index is 11.8. The highest BCUT2D eigenvalue weighted by atomic mass is 16.6. The number of esters is 1. The van der Waals surface area contributed by atoms with Gasteiger partial charge in [0.05, 0.1) is 0 Å². The van der Waals surface area contributed by atoms with E-state index >= 15 is 0 Å². The third-order valence-electron chi connectivity index (χ3n) is 2.79. The van der Waals surface area contributed by atoms with Crippen LogP contribution in [0.5, 0.6) is 0 Å². The Morgan fingerprint density at radius 1 is 1.35 bits per heavy atom. The van der Waals surface area contributed by atoms with Gasteiger partial charge in [-0.05, 0) is 5.56 Å². The molecule has 1 saturated heterocycles. The summed E-state index contributed by atoms with van der Waals surface area (Å²) < 4.78 is 9.66. The molecule has 1 aliphatic heterocycles. The predicted molar refractivity (Wildman–Crippen MR) is 62.8 cm³/mol. The number of carboxylic acid groups (broad SMARTS) is 1. The SMILES string of the molecule is O=C([O-])C[C@H]1C(=O)OCN1C(=O)OCc1ccccc1. The topological polar surface area (TPSA) is 96.0 Å². The van der Waals surface area contributed by atoms with Crippen molar-refractivity contribution in [1.82, 2.24) is 4.90 Å². The maximum atomic E-state index is 11.8. The standard InChI is InChI=1S/C13H13NO6/c15-11(16)6-10-12(17)20-8-14(10)13(18)19-7-9-4-2-1-3-5-9/h1-5,10H,6-8H2,(H,15,16)/p-1/t10-/m0/s1. The Bertz CT molecular complexity index is 515. The molecule has 0 N–H and O–H groups in total. The van der Waals surface area contributed by atoms with E-state index in [-0.39, 0.29) is 13.3 Å². The zero-order valence-electron chi connectivity index (χ0n) is 10.5. The van der Waals surface area contributed by atoms with Crippen LogP contribution in [-0.4, -0.2) is 35.7 Å². The molecule has 0 saturated carbocycles. The second-order valence-electron chi connectivity index (χ2n) is 4.19. The lowest BCUT2D eigenvalue weighted by atomic mass is 10.2. The number of carboxylic acids is 1. The number of benzene rings is 1. The molecule has 0 spiro atoms. The lowest BCUT2D eigenvalue weighted by molar-refractivity contribution is -0.306. The number of hydrogen-bond acceptors (Lipinski definition) is 6. The fourth-order valence-corrected chi connectivity index (χ4v) is 1.78. The zero-order chi connectivity index (χ0) is 14.5. The Kier molecular flexibility index (Phi) is 4.19. The lowest BCUT2D eigenvalue weighted by Crippen LogP contribution is -2.42. The highest BCUT2D eigenvalue weighted by Crippen LogP contribution is 2.16. The van der Waals surface area contributed by atoms with Gasteiger partial charge in [-0.25, -0.2) is 9.59 Å². The fourth-order valence-electron chi connectivity index (χ4n) is 1.78. The molecule has 0 aromatic heterocycles. The number of rotatable bonds is 4. The van der Waals surface area contributed by atoms with E-state index in [1.165, 1.54) is 0 Å². The van der Waals surface area contributed by atoms with E-state index in [9.17, 15) is 19.5 Å². The van der Waals surface area contributed by atoms with Gasteiger partial charge in [-0.15, -0.1) is 0 Å². The van der Waals surface area contributed by atoms with Crippen LogP contribution in [0.15, 0.2) is 30.3 Å². The highest BCUT2D eigenvalue weighted by Gasteiger charge is 2.38. The number of nitrogens with zero attached hydrogens (tertiary/aromatic N) is 1. The number of amides is 1. The third kappa shape index (κ3) is 3.25. The van der Waals surface area contributed by atoms with Gasteiger partial charge >= 0.3 is 12.1 Å². The minimum atomic E-state index is -1.44. The van der Waals surface area contributed by atoms with Crippen LogP contribution in [0.2, 0.25) is 0 Å². The molecular weight excluding hydrogens is 266 g/mol. The molecule has 1 heterocycles. The van der Waals surface area contributed by atoms with Gasteiger partial charge in [0.1, 0.15) is 12.6 Å². The van der Waals surface area contributed by atoms with Crippen LogP contribution in [0.1, 0.15) is 12.0 Å². The second kappa shape index (κ2) is 6.05. The number of carbonyl (C=O) groups is 3. The molecule has 20 heavy (non-hydrogen) atoms. The summed E-state index contributed by atoms with van der Waals surface area (Å²) >= 11 is 0. The number of cyclic esters (lactones) is 1. The average Bonchev–Trinajstić information content (AvgIpc) is 2.78. The summed E-state index contributed by atoms with van der Waals surface area (Å²) in [5, 5.41) is 10.6. The van der Waals surface area contributed by atoms with Crippen LogP contribution in [-0.2, 0) is 25.7 Å². The monoisotopic (exact) mass is 278 g/mol. The first-order valence-electron chi connectivity index (χ1n) is 5.91. The molecule has 0 bridgehead atoms. The lowest BCUT2D eigenvalue weighted by Gasteiger charge is -2.19. The second-order valence-corrected chi connectivity index (χ2v) is 4.19. The Balaban J connectivity index is 1.94. The summed E-state index contributed by atoms with van der Waals surface area (Å²) in [4.78, 5) is 34.6.